The van der Waals surface area contributed by atoms with Crippen molar-refractivity contribution in [3.63, 3.8) is 0 Å². The third-order valence-corrected chi connectivity index (χ3v) is 6.06. The maximum atomic E-state index is 4.62. The average Bonchev–Trinajstić information content (AvgIpc) is 3.21. The van der Waals surface area contributed by atoms with Crippen LogP contribution in [0.25, 0.3) is 22.3 Å². The van der Waals surface area contributed by atoms with Crippen molar-refractivity contribution in [2.45, 2.75) is 13.8 Å². The molecule has 0 saturated heterocycles. The van der Waals surface area contributed by atoms with Crippen LogP contribution in [-0.2, 0) is 0 Å². The zero-order chi connectivity index (χ0) is 23.3. The van der Waals surface area contributed by atoms with Crippen molar-refractivity contribution in [3.8, 4) is 0 Å². The summed E-state index contributed by atoms with van der Waals surface area (Å²) in [5, 5.41) is 0. The Morgan fingerprint density at radius 3 is 1.47 bits per heavy atom. The van der Waals surface area contributed by atoms with Crippen LogP contribution in [0, 0.1) is 11.8 Å². The fourth-order valence-corrected chi connectivity index (χ4v) is 4.26. The highest BCUT2D eigenvalue weighted by Crippen LogP contribution is 2.31. The van der Waals surface area contributed by atoms with Crippen LogP contribution in [0.1, 0.15) is 36.1 Å². The quantitative estimate of drug-likeness (QED) is 0.429. The summed E-state index contributed by atoms with van der Waals surface area (Å²) in [6.07, 6.45) is 29.2. The van der Waals surface area contributed by atoms with Crippen molar-refractivity contribution in [2.24, 2.45) is 11.8 Å². The van der Waals surface area contributed by atoms with Crippen molar-refractivity contribution < 1.29 is 0 Å². The lowest BCUT2D eigenvalue weighted by Crippen LogP contribution is -1.91. The first-order valence-corrected chi connectivity index (χ1v) is 11.7. The maximum Gasteiger partial charge on any atom is 0.0346 e. The molecule has 0 aliphatic heterocycles. The van der Waals surface area contributed by atoms with Gasteiger partial charge in [0.2, 0.25) is 0 Å². The highest BCUT2D eigenvalue weighted by molar-refractivity contribution is 5.91. The first kappa shape index (κ1) is 21.7. The van der Waals surface area contributed by atoms with E-state index >= 15 is 0 Å². The third-order valence-electron chi connectivity index (χ3n) is 6.06. The molecule has 34 heavy (non-hydrogen) atoms. The molecular weight excluding hydrogens is 414 g/mol. The van der Waals surface area contributed by atoms with E-state index in [2.05, 4.69) is 95.6 Å². The van der Waals surface area contributed by atoms with Gasteiger partial charge >= 0.3 is 0 Å². The van der Waals surface area contributed by atoms with Gasteiger partial charge < -0.3 is 0 Å². The molecule has 0 bridgehead atoms. The summed E-state index contributed by atoms with van der Waals surface area (Å²) in [5.41, 5.74) is 9.06. The molecule has 0 N–H and O–H groups in total. The molecule has 2 aliphatic carbocycles. The summed E-state index contributed by atoms with van der Waals surface area (Å²) in [4.78, 5) is 13.2. The van der Waals surface area contributed by atoms with E-state index in [9.17, 15) is 0 Å². The molecule has 2 aliphatic rings. The Labute approximate surface area is 201 Å². The number of pyridine rings is 3. The van der Waals surface area contributed by atoms with Crippen LogP contribution in [0.5, 0.6) is 0 Å². The largest absolute Gasteiger partial charge is 0.264 e. The van der Waals surface area contributed by atoms with Crippen molar-refractivity contribution >= 4 is 22.3 Å². The van der Waals surface area contributed by atoms with Crippen LogP contribution in [0.2, 0.25) is 0 Å². The van der Waals surface area contributed by atoms with Gasteiger partial charge in [-0.2, -0.15) is 0 Å². The topological polar surface area (TPSA) is 38.7 Å². The molecule has 3 aromatic heterocycles. The van der Waals surface area contributed by atoms with Crippen LogP contribution in [0.3, 0.4) is 0 Å². The average molecular weight is 442 g/mol. The van der Waals surface area contributed by atoms with Crippen LogP contribution in [0.4, 0.5) is 0 Å². The minimum Gasteiger partial charge on any atom is -0.264 e. The zero-order valence-electron chi connectivity index (χ0n) is 19.5. The van der Waals surface area contributed by atoms with Crippen LogP contribution in [0.15, 0.2) is 116 Å². The molecule has 0 unspecified atom stereocenters. The Kier molecular flexibility index (Phi) is 6.26. The molecule has 0 aromatic carbocycles. The summed E-state index contributed by atoms with van der Waals surface area (Å²) in [5.74, 6) is 0.669. The van der Waals surface area contributed by atoms with E-state index < -0.39 is 0 Å². The first-order valence-electron chi connectivity index (χ1n) is 11.7. The number of allylic oxidation sites excluding steroid dienone is 12. The Hall–Kier alpha value is -4.11. The Morgan fingerprint density at radius 2 is 1.03 bits per heavy atom. The van der Waals surface area contributed by atoms with Crippen molar-refractivity contribution in [1.29, 1.82) is 0 Å². The predicted molar refractivity (Wildman–Crippen MR) is 141 cm³/mol. The second-order valence-corrected chi connectivity index (χ2v) is 8.83. The number of nitrogens with zero attached hydrogens (tertiary/aromatic N) is 3. The molecule has 5 rings (SSSR count). The van der Waals surface area contributed by atoms with E-state index in [1.807, 2.05) is 49.3 Å². The summed E-state index contributed by atoms with van der Waals surface area (Å²) in [6.45, 7) is 4.40. The van der Waals surface area contributed by atoms with E-state index in [1.54, 1.807) is 0 Å². The lowest BCUT2D eigenvalue weighted by molar-refractivity contribution is 0.945. The van der Waals surface area contributed by atoms with Gasteiger partial charge in [0.15, 0.2) is 0 Å². The van der Waals surface area contributed by atoms with Gasteiger partial charge in [-0.25, -0.2) is 0 Å². The molecular formula is C31H27N3. The Morgan fingerprint density at radius 1 is 0.559 bits per heavy atom. The number of hydrogen-bond donors (Lipinski definition) is 0. The minimum absolute atomic E-state index is 0.335. The number of rotatable bonds is 4. The van der Waals surface area contributed by atoms with E-state index in [0.717, 1.165) is 33.4 Å². The first-order chi connectivity index (χ1) is 16.7. The lowest BCUT2D eigenvalue weighted by Gasteiger charge is -2.09. The Balaban J connectivity index is 1.53. The molecule has 3 heteroatoms. The van der Waals surface area contributed by atoms with Gasteiger partial charge in [0.25, 0.3) is 0 Å². The van der Waals surface area contributed by atoms with Crippen molar-refractivity contribution in [1.82, 2.24) is 15.0 Å². The predicted octanol–water partition coefficient (Wildman–Crippen LogP) is 7.22. The van der Waals surface area contributed by atoms with Gasteiger partial charge in [0.1, 0.15) is 0 Å². The van der Waals surface area contributed by atoms with Crippen LogP contribution >= 0.6 is 0 Å². The molecule has 0 amide bonds. The third kappa shape index (κ3) is 4.94. The van der Waals surface area contributed by atoms with Gasteiger partial charge in [0.05, 0.1) is 0 Å². The minimum atomic E-state index is 0.335. The van der Waals surface area contributed by atoms with Gasteiger partial charge in [-0.15, -0.1) is 0 Å². The molecule has 3 heterocycles. The summed E-state index contributed by atoms with van der Waals surface area (Å²) >= 11 is 0. The molecule has 0 fully saturated rings. The lowest BCUT2D eigenvalue weighted by atomic mass is 9.97. The normalized spacial score (nSPS) is 19.9. The summed E-state index contributed by atoms with van der Waals surface area (Å²) < 4.78 is 0. The number of aromatic nitrogens is 3. The van der Waals surface area contributed by atoms with E-state index in [4.69, 9.17) is 0 Å². The molecule has 2 atom stereocenters. The van der Waals surface area contributed by atoms with E-state index in [1.165, 1.54) is 11.1 Å². The van der Waals surface area contributed by atoms with Crippen LogP contribution < -0.4 is 0 Å². The molecule has 0 radical (unpaired) electrons. The highest BCUT2D eigenvalue weighted by Gasteiger charge is 2.12. The van der Waals surface area contributed by atoms with Gasteiger partial charge in [0, 0.05) is 48.3 Å². The molecule has 3 nitrogen and oxygen atoms in total. The van der Waals surface area contributed by atoms with Gasteiger partial charge in [-0.05, 0) is 75.6 Å². The second kappa shape index (κ2) is 9.80. The van der Waals surface area contributed by atoms with Gasteiger partial charge in [-0.1, -0.05) is 62.4 Å². The fourth-order valence-electron chi connectivity index (χ4n) is 4.26. The van der Waals surface area contributed by atoms with E-state index in [0.29, 0.717) is 11.8 Å². The maximum absolute atomic E-state index is 4.62. The van der Waals surface area contributed by atoms with Crippen molar-refractivity contribution in [3.05, 3.63) is 138 Å². The zero-order valence-corrected chi connectivity index (χ0v) is 19.5. The molecule has 166 valence electrons. The molecule has 0 saturated carbocycles. The number of hydrogen-bond acceptors (Lipinski definition) is 3. The second-order valence-electron chi connectivity index (χ2n) is 8.83. The fraction of sp³-hybridized carbons (Fsp3) is 0.129. The smallest absolute Gasteiger partial charge is 0.0346 e. The standard InChI is InChI=1S/C31H27N3/c1-22-7-9-24(15-28(13-22)26-5-3-11-32-18-26)30-17-31(21-34-20-30)25-10-8-23(2)14-29(16-25)27-6-4-12-33-19-27/h3-23H,1-2H3/t22-,23-/m1/s1. The monoisotopic (exact) mass is 441 g/mol. The molecule has 3 aromatic rings. The highest BCUT2D eigenvalue weighted by atomic mass is 14.6. The Bertz CT molecular complexity index is 1250. The summed E-state index contributed by atoms with van der Waals surface area (Å²) in [6, 6.07) is 10.4. The van der Waals surface area contributed by atoms with Crippen molar-refractivity contribution in [2.75, 3.05) is 0 Å². The van der Waals surface area contributed by atoms with Crippen LogP contribution in [-0.4, -0.2) is 15.0 Å². The SMILES string of the molecule is C[C@@H]1C=CC(c2cncc(C3=CC(c4cccnc4)=C[C@H](C)C=C3)c2)=CC(c2cccnc2)=C1. The van der Waals surface area contributed by atoms with E-state index in [-0.39, 0.29) is 0 Å². The summed E-state index contributed by atoms with van der Waals surface area (Å²) in [7, 11) is 0. The van der Waals surface area contributed by atoms with Gasteiger partial charge in [-0.3, -0.25) is 15.0 Å². The molecule has 0 spiro atoms.